The van der Waals surface area contributed by atoms with E-state index in [2.05, 4.69) is 52.9 Å². The topological polar surface area (TPSA) is 114 Å². The molecule has 0 heterocycles. The third-order valence-electron chi connectivity index (χ3n) is 0.610. The normalized spacial score (nSPS) is 6.89. The van der Waals surface area contributed by atoms with Gasteiger partial charge in [0.1, 0.15) is 0 Å². The zero-order valence-electron chi connectivity index (χ0n) is 10.0. The van der Waals surface area contributed by atoms with Gasteiger partial charge in [-0.1, -0.05) is 36.7 Å². The van der Waals surface area contributed by atoms with Crippen molar-refractivity contribution >= 4 is 72.0 Å². The van der Waals surface area contributed by atoms with Gasteiger partial charge in [0.15, 0.2) is 0 Å². The molecular weight excluding hydrogens is 382 g/mol. The molecule has 0 radical (unpaired) electrons. The monoisotopic (exact) mass is 398 g/mol. The second kappa shape index (κ2) is 26.2. The number of hydrogen-bond donors (Lipinski definition) is 6. The first-order chi connectivity index (χ1) is 8.22. The Bertz CT molecular complexity index is 188. The molecule has 18 heavy (non-hydrogen) atoms. The summed E-state index contributed by atoms with van der Waals surface area (Å²) < 4.78 is 0. The minimum atomic E-state index is 0.569. The minimum absolute atomic E-state index is 0.569. The molecule has 114 valence electrons. The molecule has 0 bridgehead atoms. The van der Waals surface area contributed by atoms with Crippen molar-refractivity contribution in [3.8, 4) is 0 Å². The number of rotatable bonds is 0. The van der Waals surface area contributed by atoms with Crippen LogP contribution in [-0.4, -0.2) is 15.0 Å². The summed E-state index contributed by atoms with van der Waals surface area (Å²) in [5.74, 6) is 14.3. The average Bonchev–Trinajstić information content (AvgIpc) is 2.31. The van der Waals surface area contributed by atoms with Gasteiger partial charge in [-0.05, 0) is 20.8 Å². The van der Waals surface area contributed by atoms with E-state index in [4.69, 9.17) is 37.9 Å². The van der Waals surface area contributed by atoms with E-state index in [0.717, 1.165) is 0 Å². The second-order valence-electron chi connectivity index (χ2n) is 2.15. The molecule has 0 aromatic heterocycles. The van der Waals surface area contributed by atoms with E-state index >= 15 is 0 Å². The molecule has 9 N–H and O–H groups in total. The molecule has 0 atom stereocenters. The van der Waals surface area contributed by atoms with Crippen molar-refractivity contribution in [2.45, 2.75) is 20.8 Å². The molecule has 0 aliphatic heterocycles. The predicted molar refractivity (Wildman–Crippen MR) is 88.5 cm³/mol. The molecule has 12 heteroatoms. The molecule has 0 spiro atoms. The third-order valence-corrected chi connectivity index (χ3v) is 0.963. The maximum absolute atomic E-state index is 4.78. The summed E-state index contributed by atoms with van der Waals surface area (Å²) in [6.07, 6.45) is 0. The zero-order valence-corrected chi connectivity index (χ0v) is 15.0. The van der Waals surface area contributed by atoms with Gasteiger partial charge in [0, 0.05) is 0 Å². The van der Waals surface area contributed by atoms with Crippen molar-refractivity contribution in [1.29, 1.82) is 0 Å². The van der Waals surface area contributed by atoms with E-state index in [0.29, 0.717) is 27.6 Å². The van der Waals surface area contributed by atoms with Crippen molar-refractivity contribution in [2.75, 3.05) is 0 Å². The summed E-state index contributed by atoms with van der Waals surface area (Å²) in [6.45, 7) is 5.15. The Morgan fingerprint density at radius 1 is 0.778 bits per heavy atom. The van der Waals surface area contributed by atoms with E-state index in [-0.39, 0.29) is 0 Å². The zero-order chi connectivity index (χ0) is 15.6. The van der Waals surface area contributed by atoms with E-state index in [9.17, 15) is 0 Å². The summed E-state index contributed by atoms with van der Waals surface area (Å²) in [5.41, 5.74) is 6.78. The Balaban J connectivity index is -0.0000000739. The van der Waals surface area contributed by atoms with E-state index < -0.39 is 0 Å². The molecule has 0 amide bonds. The van der Waals surface area contributed by atoms with Crippen molar-refractivity contribution in [1.82, 2.24) is 16.3 Å². The van der Waals surface area contributed by atoms with Crippen molar-refractivity contribution in [2.24, 2.45) is 17.5 Å². The molecule has 0 aromatic rings. The predicted octanol–water partition coefficient (Wildman–Crippen LogP) is 0.768. The number of nitrogens with two attached hydrogens (primary N) is 3. The number of hydrazine groups is 3. The third kappa shape index (κ3) is 92.5. The fraction of sp³-hybridized carbons (Fsp3) is 0.500. The first kappa shape index (κ1) is 27.0. The van der Waals surface area contributed by atoms with Crippen molar-refractivity contribution in [3.05, 3.63) is 0 Å². The van der Waals surface area contributed by atoms with Gasteiger partial charge in [-0.3, -0.25) is 17.5 Å². The van der Waals surface area contributed by atoms with Crippen molar-refractivity contribution in [3.63, 3.8) is 0 Å². The van der Waals surface area contributed by atoms with Gasteiger partial charge in [-0.25, -0.2) is 0 Å². The van der Waals surface area contributed by atoms with Crippen LogP contribution in [0.3, 0.4) is 0 Å². The second-order valence-corrected chi connectivity index (χ2v) is 5.62. The van der Waals surface area contributed by atoms with E-state index in [1.165, 1.54) is 0 Å². The quantitative estimate of drug-likeness (QED) is 0.152. The van der Waals surface area contributed by atoms with Crippen LogP contribution in [0.25, 0.3) is 0 Å². The van der Waals surface area contributed by atoms with E-state index in [1.54, 1.807) is 20.8 Å². The number of thiocarbonyl (C=S) groups is 3. The Morgan fingerprint density at radius 2 is 0.833 bits per heavy atom. The Labute approximate surface area is 138 Å². The maximum atomic E-state index is 4.78. The summed E-state index contributed by atoms with van der Waals surface area (Å²) in [6, 6.07) is 0. The standard InChI is InChI=1S/3C2H6N2S.2ClH.Ni/c3*1-2(5)4-3;;;/h3*3H2,1H3,(H,4,5);2*1H;/q;;;;;+2/p-2. The summed E-state index contributed by atoms with van der Waals surface area (Å²) in [5, 5.41) is 0. The molecule has 0 fully saturated rings. The number of nitrogens with one attached hydrogen (secondary N) is 3. The van der Waals surface area contributed by atoms with Gasteiger partial charge >= 0.3 is 33.0 Å². The molecule has 0 saturated heterocycles. The first-order valence-electron chi connectivity index (χ1n) is 3.97. The van der Waals surface area contributed by atoms with Crippen LogP contribution < -0.4 is 33.8 Å². The van der Waals surface area contributed by atoms with Crippen LogP contribution >= 0.6 is 57.0 Å². The first-order valence-corrected chi connectivity index (χ1v) is 7.91. The summed E-state index contributed by atoms with van der Waals surface area (Å²) >= 11 is 14.0. The molecule has 0 aromatic carbocycles. The van der Waals surface area contributed by atoms with Crippen LogP contribution in [0.1, 0.15) is 20.8 Å². The molecule has 0 unspecified atom stereocenters. The van der Waals surface area contributed by atoms with Gasteiger partial charge in [0.2, 0.25) is 0 Å². The van der Waals surface area contributed by atoms with Gasteiger partial charge < -0.3 is 16.3 Å². The number of hydrogen-bond acceptors (Lipinski definition) is 6. The molecule has 0 aliphatic carbocycles. The van der Waals surface area contributed by atoms with Gasteiger partial charge in [-0.15, -0.1) is 0 Å². The SMILES string of the molecule is CC(=S)NN.CC(=S)NN.CC(=S)NN.[Cl][Ni][Cl]. The average molecular weight is 400 g/mol. The van der Waals surface area contributed by atoms with Gasteiger partial charge in [0.05, 0.1) is 15.0 Å². The van der Waals surface area contributed by atoms with Crippen LogP contribution in [0.2, 0.25) is 0 Å². The van der Waals surface area contributed by atoms with Crippen molar-refractivity contribution < 1.29 is 12.7 Å². The Kier molecular flexibility index (Phi) is 39.4. The molecule has 0 aliphatic rings. The fourth-order valence-electron chi connectivity index (χ4n) is 0. The fourth-order valence-corrected chi connectivity index (χ4v) is 0. The summed E-state index contributed by atoms with van der Waals surface area (Å²) in [4.78, 5) is 1.85. The Hall–Kier alpha value is 0.624. The molecule has 0 saturated carbocycles. The van der Waals surface area contributed by atoms with Crippen LogP contribution in [0, 0.1) is 0 Å². The van der Waals surface area contributed by atoms with Gasteiger partial charge in [0.25, 0.3) is 0 Å². The van der Waals surface area contributed by atoms with E-state index in [1.807, 2.05) is 0 Å². The van der Waals surface area contributed by atoms with Crippen LogP contribution in [-0.2, 0) is 12.7 Å². The van der Waals surface area contributed by atoms with Crippen LogP contribution in [0.5, 0.6) is 0 Å². The van der Waals surface area contributed by atoms with Crippen LogP contribution in [0.4, 0.5) is 0 Å². The number of halogens is 2. The molecule has 0 rings (SSSR count). The molecular formula is C6H18Cl2N6NiS3. The van der Waals surface area contributed by atoms with Gasteiger partial charge in [-0.2, -0.15) is 0 Å². The Morgan fingerprint density at radius 3 is 0.833 bits per heavy atom. The molecule has 6 nitrogen and oxygen atoms in total. The van der Waals surface area contributed by atoms with Crippen LogP contribution in [0.15, 0.2) is 0 Å². The summed E-state index contributed by atoms with van der Waals surface area (Å²) in [7, 11) is 9.40.